The summed E-state index contributed by atoms with van der Waals surface area (Å²) in [6.07, 6.45) is 9.15. The minimum atomic E-state index is -0.179. The number of nitrogens with one attached hydrogen (secondary N) is 1. The number of nitriles is 1. The molecule has 0 spiro atoms. The predicted octanol–water partition coefficient (Wildman–Crippen LogP) is 6.21. The molecule has 1 fully saturated rings. The number of phenolic OH excluding ortho intramolecular Hbond substituents is 1. The van der Waals surface area contributed by atoms with Crippen molar-refractivity contribution in [1.29, 1.82) is 5.26 Å². The molecule has 1 saturated heterocycles. The van der Waals surface area contributed by atoms with Crippen LogP contribution in [-0.4, -0.2) is 49.2 Å². The fourth-order valence-electron chi connectivity index (χ4n) is 6.25. The number of hydrogen-bond acceptors (Lipinski definition) is 5. The first-order valence-corrected chi connectivity index (χ1v) is 14.6. The van der Waals surface area contributed by atoms with Gasteiger partial charge in [-0.2, -0.15) is 5.26 Å². The van der Waals surface area contributed by atoms with E-state index in [0.717, 1.165) is 63.1 Å². The molecule has 0 radical (unpaired) electrons. The minimum Gasteiger partial charge on any atom is -0.507 e. The molecule has 1 aliphatic carbocycles. The standard InChI is InChI=1S/C34H39N3O3/c1-40-33-30-7-3-2-6-25(30)12-15-31(33)27-16-20-37(21-17-27)19-5-4-18-36-34(39)28-13-14-29(32(38)22-28)26-10-8-24(23-35)9-11-26/h8-15,22,27,38H,2-7,16-21H2,1H3,(H,36,39). The molecule has 40 heavy (non-hydrogen) atoms. The molecule has 3 aromatic rings. The van der Waals surface area contributed by atoms with Gasteiger partial charge in [-0.3, -0.25) is 4.79 Å². The van der Waals surface area contributed by atoms with E-state index in [1.165, 1.54) is 42.0 Å². The average Bonchev–Trinajstić information content (AvgIpc) is 3.00. The van der Waals surface area contributed by atoms with Gasteiger partial charge in [0.05, 0.1) is 18.7 Å². The van der Waals surface area contributed by atoms with Crippen molar-refractivity contribution in [2.75, 3.05) is 33.3 Å². The summed E-state index contributed by atoms with van der Waals surface area (Å²) in [6, 6.07) is 18.7. The first-order chi connectivity index (χ1) is 19.6. The highest BCUT2D eigenvalue weighted by atomic mass is 16.5. The van der Waals surface area contributed by atoms with E-state index in [0.29, 0.717) is 29.2 Å². The van der Waals surface area contributed by atoms with Gasteiger partial charge in [0.2, 0.25) is 0 Å². The van der Waals surface area contributed by atoms with Crippen LogP contribution in [-0.2, 0) is 12.8 Å². The summed E-state index contributed by atoms with van der Waals surface area (Å²) >= 11 is 0. The van der Waals surface area contributed by atoms with Gasteiger partial charge in [-0.1, -0.05) is 24.3 Å². The van der Waals surface area contributed by atoms with Gasteiger partial charge in [-0.05, 0) is 130 Å². The maximum Gasteiger partial charge on any atom is 0.251 e. The lowest BCUT2D eigenvalue weighted by molar-refractivity contribution is 0.0952. The minimum absolute atomic E-state index is 0.0498. The lowest BCUT2D eigenvalue weighted by atomic mass is 9.83. The lowest BCUT2D eigenvalue weighted by Gasteiger charge is -2.33. The number of aryl methyl sites for hydroxylation is 1. The summed E-state index contributed by atoms with van der Waals surface area (Å²) in [5, 5.41) is 22.4. The maximum atomic E-state index is 12.6. The number of unbranched alkanes of at least 4 members (excludes halogenated alkanes) is 1. The second kappa shape index (κ2) is 13.0. The van der Waals surface area contributed by atoms with Gasteiger partial charge < -0.3 is 20.1 Å². The van der Waals surface area contributed by atoms with Gasteiger partial charge in [0.1, 0.15) is 11.5 Å². The Morgan fingerprint density at radius 3 is 2.55 bits per heavy atom. The number of amides is 1. The number of carbonyl (C=O) groups is 1. The Morgan fingerprint density at radius 1 is 1.05 bits per heavy atom. The number of likely N-dealkylation sites (tertiary alicyclic amines) is 1. The number of ether oxygens (including phenoxy) is 1. The normalized spacial score (nSPS) is 15.7. The van der Waals surface area contributed by atoms with Crippen LogP contribution in [0.2, 0.25) is 0 Å². The number of carbonyl (C=O) groups excluding carboxylic acids is 1. The van der Waals surface area contributed by atoms with Crippen molar-refractivity contribution in [3.63, 3.8) is 0 Å². The largest absolute Gasteiger partial charge is 0.507 e. The zero-order chi connectivity index (χ0) is 27.9. The number of piperidine rings is 1. The highest BCUT2D eigenvalue weighted by Gasteiger charge is 2.26. The molecule has 1 amide bonds. The fourth-order valence-corrected chi connectivity index (χ4v) is 6.25. The monoisotopic (exact) mass is 537 g/mol. The van der Waals surface area contributed by atoms with E-state index in [1.807, 2.05) is 7.11 Å². The van der Waals surface area contributed by atoms with Gasteiger partial charge in [0.25, 0.3) is 5.91 Å². The molecule has 0 atom stereocenters. The van der Waals surface area contributed by atoms with E-state index < -0.39 is 0 Å². The van der Waals surface area contributed by atoms with Crippen molar-refractivity contribution in [2.24, 2.45) is 0 Å². The van der Waals surface area contributed by atoms with Gasteiger partial charge in [0.15, 0.2) is 0 Å². The van der Waals surface area contributed by atoms with Crippen molar-refractivity contribution >= 4 is 5.91 Å². The summed E-state index contributed by atoms with van der Waals surface area (Å²) in [4.78, 5) is 15.2. The van der Waals surface area contributed by atoms with Crippen LogP contribution >= 0.6 is 0 Å². The highest BCUT2D eigenvalue weighted by Crippen LogP contribution is 2.40. The van der Waals surface area contributed by atoms with Gasteiger partial charge in [-0.25, -0.2) is 0 Å². The third-order valence-corrected chi connectivity index (χ3v) is 8.51. The molecule has 1 heterocycles. The third-order valence-electron chi connectivity index (χ3n) is 8.51. The van der Waals surface area contributed by atoms with Gasteiger partial charge >= 0.3 is 0 Å². The summed E-state index contributed by atoms with van der Waals surface area (Å²) in [5.74, 6) is 1.59. The van der Waals surface area contributed by atoms with Crippen molar-refractivity contribution in [3.05, 3.63) is 82.4 Å². The molecule has 6 heteroatoms. The number of fused-ring (bicyclic) bond motifs is 1. The molecule has 5 rings (SSSR count). The molecule has 0 unspecified atom stereocenters. The number of aromatic hydroxyl groups is 1. The van der Waals surface area contributed by atoms with Crippen LogP contribution in [0.5, 0.6) is 11.5 Å². The van der Waals surface area contributed by atoms with E-state index in [4.69, 9.17) is 10.00 Å². The quantitative estimate of drug-likeness (QED) is 0.317. The molecule has 6 nitrogen and oxygen atoms in total. The summed E-state index contributed by atoms with van der Waals surface area (Å²) in [6.45, 7) is 3.86. The summed E-state index contributed by atoms with van der Waals surface area (Å²) in [7, 11) is 1.83. The lowest BCUT2D eigenvalue weighted by Crippen LogP contribution is -2.34. The molecule has 3 aromatic carbocycles. The SMILES string of the molecule is COc1c(C2CCN(CCCCNC(=O)c3ccc(-c4ccc(C#N)cc4)c(O)c3)CC2)ccc2c1CCCC2. The van der Waals surface area contributed by atoms with Crippen LogP contribution < -0.4 is 10.1 Å². The van der Waals surface area contributed by atoms with E-state index in [1.54, 1.807) is 36.4 Å². The number of rotatable bonds is 9. The molecule has 0 bridgehead atoms. The molecule has 1 aliphatic heterocycles. The van der Waals surface area contributed by atoms with Crippen LogP contribution in [0.4, 0.5) is 0 Å². The number of nitrogens with zero attached hydrogens (tertiary/aromatic N) is 2. The number of benzene rings is 3. The first kappa shape index (κ1) is 27.7. The van der Waals surface area contributed by atoms with Gasteiger partial charge in [-0.15, -0.1) is 0 Å². The Hall–Kier alpha value is -3.82. The van der Waals surface area contributed by atoms with Crippen LogP contribution in [0, 0.1) is 11.3 Å². The number of phenols is 1. The smallest absolute Gasteiger partial charge is 0.251 e. The van der Waals surface area contributed by atoms with Crippen molar-refractivity contribution in [2.45, 2.75) is 57.3 Å². The van der Waals surface area contributed by atoms with Gasteiger partial charge in [0, 0.05) is 17.7 Å². The Labute approximate surface area is 237 Å². The topological polar surface area (TPSA) is 85.6 Å². The summed E-state index contributed by atoms with van der Waals surface area (Å²) in [5.41, 5.74) is 6.77. The van der Waals surface area contributed by atoms with Crippen LogP contribution in [0.25, 0.3) is 11.1 Å². The van der Waals surface area contributed by atoms with E-state index in [9.17, 15) is 9.90 Å². The third kappa shape index (κ3) is 6.32. The number of hydrogen-bond donors (Lipinski definition) is 2. The fraction of sp³-hybridized carbons (Fsp3) is 0.412. The van der Waals surface area contributed by atoms with Crippen molar-refractivity contribution in [1.82, 2.24) is 10.2 Å². The Morgan fingerprint density at radius 2 is 1.82 bits per heavy atom. The zero-order valence-corrected chi connectivity index (χ0v) is 23.4. The molecule has 0 aromatic heterocycles. The Bertz CT molecular complexity index is 1370. The highest BCUT2D eigenvalue weighted by molar-refractivity contribution is 5.95. The first-order valence-electron chi connectivity index (χ1n) is 14.6. The molecule has 2 aliphatic rings. The van der Waals surface area contributed by atoms with E-state index >= 15 is 0 Å². The Kier molecular flexibility index (Phi) is 9.03. The molecule has 208 valence electrons. The van der Waals surface area contributed by atoms with Crippen LogP contribution in [0.3, 0.4) is 0 Å². The van der Waals surface area contributed by atoms with E-state index in [2.05, 4.69) is 28.4 Å². The predicted molar refractivity (Wildman–Crippen MR) is 158 cm³/mol. The van der Waals surface area contributed by atoms with Crippen molar-refractivity contribution < 1.29 is 14.6 Å². The Balaban J connectivity index is 1.04. The van der Waals surface area contributed by atoms with Crippen molar-refractivity contribution in [3.8, 4) is 28.7 Å². The second-order valence-corrected chi connectivity index (χ2v) is 11.0. The second-order valence-electron chi connectivity index (χ2n) is 11.0. The molecule has 2 N–H and O–H groups in total. The molecule has 0 saturated carbocycles. The average molecular weight is 538 g/mol. The van der Waals surface area contributed by atoms with E-state index in [-0.39, 0.29) is 11.7 Å². The molecular formula is C34H39N3O3. The zero-order valence-electron chi connectivity index (χ0n) is 23.4. The van der Waals surface area contributed by atoms with Crippen LogP contribution in [0.15, 0.2) is 54.6 Å². The maximum absolute atomic E-state index is 12.6. The number of methoxy groups -OCH3 is 1. The van der Waals surface area contributed by atoms with Crippen LogP contribution in [0.1, 0.15) is 77.1 Å². The summed E-state index contributed by atoms with van der Waals surface area (Å²) < 4.78 is 5.94. The molecular weight excluding hydrogens is 498 g/mol.